The van der Waals surface area contributed by atoms with Crippen molar-refractivity contribution in [2.75, 3.05) is 39.3 Å². The highest BCUT2D eigenvalue weighted by atomic mass is 16.6. The summed E-state index contributed by atoms with van der Waals surface area (Å²) in [6.07, 6.45) is 0.893. The van der Waals surface area contributed by atoms with E-state index in [0.29, 0.717) is 39.3 Å². The van der Waals surface area contributed by atoms with Crippen molar-refractivity contribution in [1.29, 1.82) is 0 Å². The van der Waals surface area contributed by atoms with E-state index in [2.05, 4.69) is 5.32 Å². The van der Waals surface area contributed by atoms with E-state index >= 15 is 0 Å². The fourth-order valence-corrected chi connectivity index (χ4v) is 2.62. The maximum absolute atomic E-state index is 12.5. The predicted molar refractivity (Wildman–Crippen MR) is 88.7 cm³/mol. The van der Waals surface area contributed by atoms with Crippen LogP contribution in [0.15, 0.2) is 24.3 Å². The molecule has 1 aliphatic heterocycles. The van der Waals surface area contributed by atoms with Gasteiger partial charge in [0.2, 0.25) is 5.91 Å². The number of carbonyl (C=O) groups is 2. The predicted octanol–water partition coefficient (Wildman–Crippen LogP) is 0.879. The van der Waals surface area contributed by atoms with Gasteiger partial charge in [-0.3, -0.25) is 24.6 Å². The van der Waals surface area contributed by atoms with E-state index in [-0.39, 0.29) is 23.1 Å². The Balaban J connectivity index is 1.92. The van der Waals surface area contributed by atoms with Crippen LogP contribution in [0.4, 0.5) is 5.69 Å². The Kier molecular flexibility index (Phi) is 6.25. The molecular formula is C16H22N4O4. The highest BCUT2D eigenvalue weighted by molar-refractivity contribution is 5.98. The van der Waals surface area contributed by atoms with Gasteiger partial charge in [0.05, 0.1) is 11.5 Å². The molecule has 1 aromatic rings. The molecule has 0 bridgehead atoms. The maximum atomic E-state index is 12.5. The zero-order chi connectivity index (χ0) is 17.5. The lowest BCUT2D eigenvalue weighted by molar-refractivity contribution is -0.385. The number of para-hydroxylation sites is 1. The topological polar surface area (TPSA) is 95.8 Å². The first kappa shape index (κ1) is 17.9. The molecule has 1 aliphatic rings. The molecule has 8 nitrogen and oxygen atoms in total. The van der Waals surface area contributed by atoms with E-state index in [1.807, 2.05) is 11.8 Å². The molecule has 8 heteroatoms. The molecule has 2 rings (SSSR count). The summed E-state index contributed by atoms with van der Waals surface area (Å²) in [6.45, 7) is 5.02. The molecule has 0 aromatic heterocycles. The third kappa shape index (κ3) is 4.51. The molecule has 0 atom stereocenters. The molecule has 1 aromatic carbocycles. The number of hydrogen-bond donors (Lipinski definition) is 1. The van der Waals surface area contributed by atoms with Crippen molar-refractivity contribution in [1.82, 2.24) is 15.1 Å². The van der Waals surface area contributed by atoms with Gasteiger partial charge < -0.3 is 10.2 Å². The molecule has 1 N–H and O–H groups in total. The smallest absolute Gasteiger partial charge is 0.282 e. The fourth-order valence-electron chi connectivity index (χ4n) is 2.62. The lowest BCUT2D eigenvalue weighted by Gasteiger charge is -2.34. The second-order valence-electron chi connectivity index (χ2n) is 5.69. The quantitative estimate of drug-likeness (QED) is 0.615. The van der Waals surface area contributed by atoms with Gasteiger partial charge >= 0.3 is 0 Å². The summed E-state index contributed by atoms with van der Waals surface area (Å²) >= 11 is 0. The van der Waals surface area contributed by atoms with Crippen LogP contribution in [0.25, 0.3) is 0 Å². The van der Waals surface area contributed by atoms with Crippen LogP contribution in [-0.4, -0.2) is 65.8 Å². The van der Waals surface area contributed by atoms with Crippen molar-refractivity contribution < 1.29 is 14.5 Å². The number of nitrogens with one attached hydrogen (secondary N) is 1. The first-order valence-electron chi connectivity index (χ1n) is 8.04. The standard InChI is InChI=1S/C16H22N4O4/c1-2-7-17-15(21)12-18-8-10-19(11-9-18)16(22)13-5-3-4-6-14(13)20(23)24/h3-6H,2,7-12H2,1H3,(H,17,21). The second kappa shape index (κ2) is 8.39. The molecule has 2 amide bonds. The summed E-state index contributed by atoms with van der Waals surface area (Å²) in [5.41, 5.74) is -0.0690. The number of carbonyl (C=O) groups excluding carboxylic acids is 2. The highest BCUT2D eigenvalue weighted by Gasteiger charge is 2.27. The largest absolute Gasteiger partial charge is 0.355 e. The molecule has 130 valence electrons. The SMILES string of the molecule is CCCNC(=O)CN1CCN(C(=O)c2ccccc2[N+](=O)[O-])CC1. The van der Waals surface area contributed by atoms with Gasteiger partial charge in [0.1, 0.15) is 5.56 Å². The zero-order valence-corrected chi connectivity index (χ0v) is 13.7. The molecule has 0 radical (unpaired) electrons. The van der Waals surface area contributed by atoms with Crippen molar-refractivity contribution >= 4 is 17.5 Å². The van der Waals surface area contributed by atoms with Gasteiger partial charge in [0.25, 0.3) is 11.6 Å². The molecule has 24 heavy (non-hydrogen) atoms. The van der Waals surface area contributed by atoms with Crippen LogP contribution in [0.1, 0.15) is 23.7 Å². The first-order valence-corrected chi connectivity index (χ1v) is 8.04. The van der Waals surface area contributed by atoms with Gasteiger partial charge in [-0.15, -0.1) is 0 Å². The molecule has 0 unspecified atom stereocenters. The van der Waals surface area contributed by atoms with E-state index in [4.69, 9.17) is 0 Å². The fraction of sp³-hybridized carbons (Fsp3) is 0.500. The van der Waals surface area contributed by atoms with Gasteiger partial charge in [0.15, 0.2) is 0 Å². The number of nitro benzene ring substituents is 1. The number of amides is 2. The van der Waals surface area contributed by atoms with Crippen molar-refractivity contribution in [2.24, 2.45) is 0 Å². The Bertz CT molecular complexity index is 612. The van der Waals surface area contributed by atoms with Gasteiger partial charge in [-0.2, -0.15) is 0 Å². The maximum Gasteiger partial charge on any atom is 0.282 e. The van der Waals surface area contributed by atoms with Gasteiger partial charge in [0, 0.05) is 38.8 Å². The minimum atomic E-state index is -0.540. The molecule has 0 saturated carbocycles. The van der Waals surface area contributed by atoms with Crippen molar-refractivity contribution in [3.8, 4) is 0 Å². The van der Waals surface area contributed by atoms with E-state index < -0.39 is 4.92 Å². The van der Waals surface area contributed by atoms with Crippen molar-refractivity contribution in [3.05, 3.63) is 39.9 Å². The minimum absolute atomic E-state index is 0.0182. The Morgan fingerprint density at radius 3 is 2.50 bits per heavy atom. The summed E-state index contributed by atoms with van der Waals surface area (Å²) in [5, 5.41) is 13.9. The summed E-state index contributed by atoms with van der Waals surface area (Å²) in [5.74, 6) is -0.354. The molecule has 1 saturated heterocycles. The normalized spacial score (nSPS) is 15.1. The van der Waals surface area contributed by atoms with E-state index in [1.165, 1.54) is 12.1 Å². The average Bonchev–Trinajstić information content (AvgIpc) is 2.60. The van der Waals surface area contributed by atoms with Gasteiger partial charge in [-0.05, 0) is 12.5 Å². The number of nitrogens with zero attached hydrogens (tertiary/aromatic N) is 3. The van der Waals surface area contributed by atoms with E-state index in [1.54, 1.807) is 17.0 Å². The van der Waals surface area contributed by atoms with Crippen LogP contribution < -0.4 is 5.32 Å². The summed E-state index contributed by atoms with van der Waals surface area (Å²) in [4.78, 5) is 38.3. The molecule has 0 spiro atoms. The summed E-state index contributed by atoms with van der Waals surface area (Å²) < 4.78 is 0. The van der Waals surface area contributed by atoms with Crippen LogP contribution in [-0.2, 0) is 4.79 Å². The highest BCUT2D eigenvalue weighted by Crippen LogP contribution is 2.20. The summed E-state index contributed by atoms with van der Waals surface area (Å²) in [6, 6.07) is 5.98. The molecular weight excluding hydrogens is 312 g/mol. The Morgan fingerprint density at radius 1 is 1.21 bits per heavy atom. The van der Waals surface area contributed by atoms with Gasteiger partial charge in [-0.25, -0.2) is 0 Å². The van der Waals surface area contributed by atoms with Gasteiger partial charge in [-0.1, -0.05) is 19.1 Å². The monoisotopic (exact) mass is 334 g/mol. The van der Waals surface area contributed by atoms with Crippen LogP contribution in [0.3, 0.4) is 0 Å². The van der Waals surface area contributed by atoms with Crippen LogP contribution in [0, 0.1) is 10.1 Å². The Hall–Kier alpha value is -2.48. The molecule has 1 fully saturated rings. The summed E-state index contributed by atoms with van der Waals surface area (Å²) in [7, 11) is 0. The van der Waals surface area contributed by atoms with E-state index in [0.717, 1.165) is 6.42 Å². The number of piperazine rings is 1. The van der Waals surface area contributed by atoms with Crippen molar-refractivity contribution in [2.45, 2.75) is 13.3 Å². The number of rotatable bonds is 6. The third-order valence-electron chi connectivity index (χ3n) is 3.93. The van der Waals surface area contributed by atoms with Crippen molar-refractivity contribution in [3.63, 3.8) is 0 Å². The third-order valence-corrected chi connectivity index (χ3v) is 3.93. The Morgan fingerprint density at radius 2 is 1.88 bits per heavy atom. The number of hydrogen-bond acceptors (Lipinski definition) is 5. The molecule has 1 heterocycles. The lowest BCUT2D eigenvalue weighted by atomic mass is 10.1. The minimum Gasteiger partial charge on any atom is -0.355 e. The first-order chi connectivity index (χ1) is 11.5. The van der Waals surface area contributed by atoms with E-state index in [9.17, 15) is 19.7 Å². The van der Waals surface area contributed by atoms with Crippen LogP contribution in [0.5, 0.6) is 0 Å². The lowest BCUT2D eigenvalue weighted by Crippen LogP contribution is -2.51. The average molecular weight is 334 g/mol. The number of benzene rings is 1. The zero-order valence-electron chi connectivity index (χ0n) is 13.7. The van der Waals surface area contributed by atoms with Crippen LogP contribution >= 0.6 is 0 Å². The Labute approximate surface area is 140 Å². The van der Waals surface area contributed by atoms with Crippen LogP contribution in [0.2, 0.25) is 0 Å². The second-order valence-corrected chi connectivity index (χ2v) is 5.69. The number of nitro groups is 1. The molecule has 0 aliphatic carbocycles.